The number of para-hydroxylation sites is 2. The van der Waals surface area contributed by atoms with Gasteiger partial charge < -0.3 is 4.57 Å². The summed E-state index contributed by atoms with van der Waals surface area (Å²) in [7, 11) is 0. The third-order valence-corrected chi connectivity index (χ3v) is 14.5. The molecule has 302 valence electrons. The summed E-state index contributed by atoms with van der Waals surface area (Å²) in [6.07, 6.45) is 0. The second-order valence-corrected chi connectivity index (χ2v) is 17.9. The van der Waals surface area contributed by atoms with Crippen LogP contribution < -0.4 is 0 Å². The molecule has 0 saturated heterocycles. The Morgan fingerprint density at radius 2 is 0.908 bits per heavy atom. The normalized spacial score (nSPS) is 12.0. The van der Waals surface area contributed by atoms with Gasteiger partial charge in [0.2, 0.25) is 5.95 Å². The molecule has 4 heterocycles. The van der Waals surface area contributed by atoms with Crippen molar-refractivity contribution >= 4 is 96.8 Å². The minimum absolute atomic E-state index is 0.659. The quantitative estimate of drug-likeness (QED) is 0.173. The predicted octanol–water partition coefficient (Wildman–Crippen LogP) is 16.3. The minimum atomic E-state index is 0.659. The lowest BCUT2D eigenvalue weighted by Gasteiger charge is -2.12. The molecule has 0 N–H and O–H groups in total. The van der Waals surface area contributed by atoms with Gasteiger partial charge in [-0.3, -0.25) is 4.57 Å². The number of benzene rings is 10. The monoisotopic (exact) mass is 844 g/mol. The number of hydrogen-bond donors (Lipinski definition) is 0. The highest BCUT2D eigenvalue weighted by Gasteiger charge is 2.23. The molecule has 65 heavy (non-hydrogen) atoms. The van der Waals surface area contributed by atoms with Gasteiger partial charge in [0.25, 0.3) is 0 Å². The molecule has 0 saturated carbocycles. The smallest absolute Gasteiger partial charge is 0.235 e. The van der Waals surface area contributed by atoms with E-state index in [2.05, 4.69) is 221 Å². The fraction of sp³-hybridized carbons (Fsp3) is 0. The summed E-state index contributed by atoms with van der Waals surface area (Å²) in [6.45, 7) is 0. The molecule has 0 amide bonds. The molecule has 0 radical (unpaired) electrons. The maximum atomic E-state index is 5.32. The molecule has 0 atom stereocenters. The Morgan fingerprint density at radius 3 is 1.69 bits per heavy atom. The molecule has 0 fully saturated rings. The minimum Gasteiger partial charge on any atom is -0.308 e. The largest absolute Gasteiger partial charge is 0.308 e. The summed E-state index contributed by atoms with van der Waals surface area (Å²) in [5.74, 6) is 0.659. The first kappa shape index (κ1) is 36.1. The molecule has 10 aromatic carbocycles. The Morgan fingerprint density at radius 1 is 0.338 bits per heavy atom. The highest BCUT2D eigenvalue weighted by molar-refractivity contribution is 7.27. The fourth-order valence-electron chi connectivity index (χ4n) is 10.4. The van der Waals surface area contributed by atoms with Crippen molar-refractivity contribution in [3.05, 3.63) is 218 Å². The Labute approximate surface area is 377 Å². The van der Waals surface area contributed by atoms with Crippen molar-refractivity contribution in [1.29, 1.82) is 0 Å². The molecule has 4 nitrogen and oxygen atoms in total. The van der Waals surface area contributed by atoms with E-state index in [9.17, 15) is 0 Å². The van der Waals surface area contributed by atoms with Crippen molar-refractivity contribution in [1.82, 2.24) is 19.1 Å². The average molecular weight is 845 g/mol. The van der Waals surface area contributed by atoms with E-state index >= 15 is 0 Å². The number of fused-ring (bicyclic) bond motifs is 14. The van der Waals surface area contributed by atoms with Crippen LogP contribution in [0.1, 0.15) is 0 Å². The van der Waals surface area contributed by atoms with Crippen LogP contribution in [0, 0.1) is 0 Å². The van der Waals surface area contributed by atoms with Gasteiger partial charge in [0.15, 0.2) is 0 Å². The van der Waals surface area contributed by atoms with E-state index in [1.165, 1.54) is 69.4 Å². The zero-order chi connectivity index (χ0) is 42.6. The summed E-state index contributed by atoms with van der Waals surface area (Å²) in [4.78, 5) is 10.5. The zero-order valence-corrected chi connectivity index (χ0v) is 35.8. The lowest BCUT2D eigenvalue weighted by atomic mass is 9.97. The van der Waals surface area contributed by atoms with Crippen molar-refractivity contribution in [3.8, 4) is 45.1 Å². The van der Waals surface area contributed by atoms with Crippen LogP contribution in [-0.4, -0.2) is 19.1 Å². The van der Waals surface area contributed by atoms with Gasteiger partial charge in [-0.05, 0) is 87.6 Å². The van der Waals surface area contributed by atoms with Gasteiger partial charge in [-0.25, -0.2) is 9.97 Å². The molecule has 4 aromatic heterocycles. The lowest BCUT2D eigenvalue weighted by Crippen LogP contribution is -2.03. The number of aromatic nitrogens is 4. The highest BCUT2D eigenvalue weighted by atomic mass is 32.1. The molecule has 0 aliphatic rings. The molecule has 0 spiro atoms. The molecule has 5 heteroatoms. The first-order chi connectivity index (χ1) is 32.2. The zero-order valence-electron chi connectivity index (χ0n) is 35.0. The second kappa shape index (κ2) is 14.1. The van der Waals surface area contributed by atoms with Gasteiger partial charge in [0, 0.05) is 53.7 Å². The number of hydrogen-bond acceptors (Lipinski definition) is 3. The van der Waals surface area contributed by atoms with E-state index in [0.717, 1.165) is 55.2 Å². The van der Waals surface area contributed by atoms with E-state index in [1.54, 1.807) is 0 Å². The fourth-order valence-corrected chi connectivity index (χ4v) is 11.7. The maximum Gasteiger partial charge on any atom is 0.235 e. The standard InChI is InChI=1S/C60H36N4S/c1-3-16-37(17-4-1)39-20-15-21-42(34-39)63-53-33-31-41(36-49(53)55-44-23-7-8-24-45(44)56-47-26-11-14-29-54(47)65-59(56)58(55)63)40-30-32-52-48(35-40)43-22-10-13-28-51(43)64(52)60-61-50-27-12-9-25-46(50)57(62-60)38-18-5-2-6-19-38/h1-36H. The lowest BCUT2D eigenvalue weighted by molar-refractivity contribution is 1.01. The third kappa shape index (κ3) is 5.43. The molecule has 0 aliphatic heterocycles. The third-order valence-electron chi connectivity index (χ3n) is 13.3. The van der Waals surface area contributed by atoms with Gasteiger partial charge in [-0.15, -0.1) is 11.3 Å². The molecule has 14 aromatic rings. The Kier molecular flexibility index (Phi) is 7.82. The van der Waals surface area contributed by atoms with Crippen molar-refractivity contribution in [2.24, 2.45) is 0 Å². The molecular formula is C60H36N4S. The van der Waals surface area contributed by atoms with Crippen molar-refractivity contribution in [3.63, 3.8) is 0 Å². The van der Waals surface area contributed by atoms with Crippen LogP contribution in [0.15, 0.2) is 218 Å². The molecule has 0 aliphatic carbocycles. The van der Waals surface area contributed by atoms with Gasteiger partial charge in [-0.1, -0.05) is 164 Å². The highest BCUT2D eigenvalue weighted by Crippen LogP contribution is 2.49. The second-order valence-electron chi connectivity index (χ2n) is 16.9. The molecule has 14 rings (SSSR count). The predicted molar refractivity (Wildman–Crippen MR) is 275 cm³/mol. The van der Waals surface area contributed by atoms with E-state index in [0.29, 0.717) is 5.95 Å². The average Bonchev–Trinajstić information content (AvgIpc) is 4.05. The van der Waals surface area contributed by atoms with Crippen LogP contribution in [0.5, 0.6) is 0 Å². The first-order valence-corrected chi connectivity index (χ1v) is 22.9. The van der Waals surface area contributed by atoms with E-state index in [-0.39, 0.29) is 0 Å². The molecule has 0 unspecified atom stereocenters. The summed E-state index contributed by atoms with van der Waals surface area (Å²) in [5.41, 5.74) is 13.4. The van der Waals surface area contributed by atoms with Gasteiger partial charge in [0.1, 0.15) is 0 Å². The van der Waals surface area contributed by atoms with E-state index < -0.39 is 0 Å². The van der Waals surface area contributed by atoms with Crippen molar-refractivity contribution in [2.75, 3.05) is 0 Å². The van der Waals surface area contributed by atoms with Crippen LogP contribution in [0.3, 0.4) is 0 Å². The van der Waals surface area contributed by atoms with Crippen molar-refractivity contribution in [2.45, 2.75) is 0 Å². The molecule has 0 bridgehead atoms. The number of nitrogens with zero attached hydrogens (tertiary/aromatic N) is 4. The summed E-state index contributed by atoms with van der Waals surface area (Å²) < 4.78 is 7.36. The van der Waals surface area contributed by atoms with Crippen LogP contribution in [0.2, 0.25) is 0 Å². The van der Waals surface area contributed by atoms with Crippen LogP contribution in [0.25, 0.3) is 131 Å². The van der Waals surface area contributed by atoms with Crippen LogP contribution in [0.4, 0.5) is 0 Å². The van der Waals surface area contributed by atoms with Crippen molar-refractivity contribution < 1.29 is 0 Å². The van der Waals surface area contributed by atoms with E-state index in [1.807, 2.05) is 17.4 Å². The van der Waals surface area contributed by atoms with Gasteiger partial charge in [-0.2, -0.15) is 0 Å². The molecular weight excluding hydrogens is 809 g/mol. The topological polar surface area (TPSA) is 35.6 Å². The van der Waals surface area contributed by atoms with E-state index in [4.69, 9.17) is 9.97 Å². The summed E-state index contributed by atoms with van der Waals surface area (Å²) in [5, 5.41) is 11.1. The Bertz CT molecular complexity index is 4240. The first-order valence-electron chi connectivity index (χ1n) is 22.1. The maximum absolute atomic E-state index is 5.32. The number of rotatable bonds is 5. The van der Waals surface area contributed by atoms with Crippen LogP contribution in [-0.2, 0) is 0 Å². The van der Waals surface area contributed by atoms with Gasteiger partial charge in [0.05, 0.1) is 38.0 Å². The number of thiophene rings is 1. The summed E-state index contributed by atoms with van der Waals surface area (Å²) >= 11 is 1.90. The van der Waals surface area contributed by atoms with Crippen LogP contribution >= 0.6 is 11.3 Å². The Hall–Kier alpha value is -8.38. The Balaban J connectivity index is 1.02. The van der Waals surface area contributed by atoms with Gasteiger partial charge >= 0.3 is 0 Å². The summed E-state index contributed by atoms with van der Waals surface area (Å²) in [6, 6.07) is 79.0. The SMILES string of the molecule is c1ccc(-c2cccc(-n3c4ccc(-c5ccc6c(c5)c5ccccc5n6-c5nc(-c6ccccc6)c6ccccc6n5)cc4c4c5ccccc5c5c6ccccc6sc5c43)c2)cc1.